The normalized spacial score (nSPS) is 10.3. The maximum Gasteiger partial charge on any atom is 0.251 e. The molecule has 1 rings (SSSR count). The fourth-order valence-electron chi connectivity index (χ4n) is 2.15. The maximum atomic E-state index is 12.0. The third-order valence-electron chi connectivity index (χ3n) is 3.50. The average Bonchev–Trinajstić information content (AvgIpc) is 2.62. The van der Waals surface area contributed by atoms with E-state index >= 15 is 0 Å². The SMILES string of the molecule is Cl.NCc1cccc(C(=O)NCCOCCOCCCCCCCl)c1. The van der Waals surface area contributed by atoms with Crippen LogP contribution in [-0.4, -0.2) is 44.8 Å². The summed E-state index contributed by atoms with van der Waals surface area (Å²) >= 11 is 5.61. The van der Waals surface area contributed by atoms with Crippen molar-refractivity contribution in [2.45, 2.75) is 32.2 Å². The summed E-state index contributed by atoms with van der Waals surface area (Å²) in [6, 6.07) is 7.31. The van der Waals surface area contributed by atoms with Gasteiger partial charge in [0, 0.05) is 31.1 Å². The van der Waals surface area contributed by atoms with Crippen LogP contribution in [0.2, 0.25) is 0 Å². The highest BCUT2D eigenvalue weighted by atomic mass is 35.5. The largest absolute Gasteiger partial charge is 0.379 e. The van der Waals surface area contributed by atoms with Crippen molar-refractivity contribution in [1.82, 2.24) is 5.32 Å². The van der Waals surface area contributed by atoms with Gasteiger partial charge in [-0.25, -0.2) is 0 Å². The molecule has 0 aromatic heterocycles. The number of alkyl halides is 1. The van der Waals surface area contributed by atoms with Crippen LogP contribution in [0.25, 0.3) is 0 Å². The van der Waals surface area contributed by atoms with Gasteiger partial charge in [0.05, 0.1) is 19.8 Å². The summed E-state index contributed by atoms with van der Waals surface area (Å²) in [7, 11) is 0. The Morgan fingerprint density at radius 3 is 2.48 bits per heavy atom. The number of unbranched alkanes of at least 4 members (excludes halogenated alkanes) is 3. The fraction of sp³-hybridized carbons (Fsp3) is 0.611. The van der Waals surface area contributed by atoms with Crippen molar-refractivity contribution in [3.8, 4) is 0 Å². The zero-order valence-electron chi connectivity index (χ0n) is 14.7. The summed E-state index contributed by atoms with van der Waals surface area (Å²) in [5, 5.41) is 2.82. The molecule has 0 unspecified atom stereocenters. The minimum absolute atomic E-state index is 0. The number of carbonyl (C=O) groups excluding carboxylic acids is 1. The molecule has 5 nitrogen and oxygen atoms in total. The van der Waals surface area contributed by atoms with Crippen LogP contribution in [0.1, 0.15) is 41.6 Å². The van der Waals surface area contributed by atoms with E-state index in [9.17, 15) is 4.79 Å². The Bertz CT molecular complexity index is 462. The molecule has 3 N–H and O–H groups in total. The molecule has 0 radical (unpaired) electrons. The Labute approximate surface area is 162 Å². The summed E-state index contributed by atoms with van der Waals surface area (Å²) in [6.45, 7) is 3.27. The van der Waals surface area contributed by atoms with E-state index in [4.69, 9.17) is 26.8 Å². The van der Waals surface area contributed by atoms with Crippen molar-refractivity contribution in [2.75, 3.05) is 38.9 Å². The molecule has 0 heterocycles. The van der Waals surface area contributed by atoms with Crippen molar-refractivity contribution >= 4 is 29.9 Å². The average molecular weight is 393 g/mol. The van der Waals surface area contributed by atoms with Gasteiger partial charge in [0.2, 0.25) is 0 Å². The molecule has 0 bridgehead atoms. The van der Waals surface area contributed by atoms with Gasteiger partial charge in [-0.3, -0.25) is 4.79 Å². The van der Waals surface area contributed by atoms with E-state index in [0.29, 0.717) is 38.5 Å². The van der Waals surface area contributed by atoms with Crippen LogP contribution >= 0.6 is 24.0 Å². The standard InChI is InChI=1S/C18H29ClN2O3.ClH/c19-8-3-1-2-4-10-23-12-13-24-11-9-21-18(22)17-7-5-6-16(14-17)15-20;/h5-7,14H,1-4,8-13,15,20H2,(H,21,22);1H. The lowest BCUT2D eigenvalue weighted by Gasteiger charge is -2.08. The quantitative estimate of drug-likeness (QED) is 0.376. The number of nitrogens with two attached hydrogens (primary N) is 1. The Kier molecular flexibility index (Phi) is 16.0. The molecule has 0 saturated heterocycles. The van der Waals surface area contributed by atoms with Gasteiger partial charge >= 0.3 is 0 Å². The molecule has 0 saturated carbocycles. The van der Waals surface area contributed by atoms with Gasteiger partial charge in [0.1, 0.15) is 0 Å². The molecule has 0 aliphatic heterocycles. The first kappa shape index (κ1) is 24.1. The number of ether oxygens (including phenoxy) is 2. The molecule has 0 fully saturated rings. The van der Waals surface area contributed by atoms with Crippen LogP contribution < -0.4 is 11.1 Å². The number of halogens is 2. The second-order valence-electron chi connectivity index (χ2n) is 5.49. The highest BCUT2D eigenvalue weighted by Crippen LogP contribution is 2.04. The first-order chi connectivity index (χ1) is 11.8. The second kappa shape index (κ2) is 16.6. The number of nitrogens with one attached hydrogen (secondary N) is 1. The summed E-state index contributed by atoms with van der Waals surface area (Å²) in [6.07, 6.45) is 4.46. The number of carbonyl (C=O) groups is 1. The predicted octanol–water partition coefficient (Wildman–Crippen LogP) is 3.13. The second-order valence-corrected chi connectivity index (χ2v) is 5.87. The summed E-state index contributed by atoms with van der Waals surface area (Å²) in [4.78, 5) is 12.0. The molecule has 1 aromatic carbocycles. The van der Waals surface area contributed by atoms with Crippen LogP contribution in [0.4, 0.5) is 0 Å². The third kappa shape index (κ3) is 12.2. The first-order valence-corrected chi connectivity index (χ1v) is 9.10. The van der Waals surface area contributed by atoms with Gasteiger partial charge in [-0.2, -0.15) is 0 Å². The molecular weight excluding hydrogens is 363 g/mol. The lowest BCUT2D eigenvalue weighted by Crippen LogP contribution is -2.27. The highest BCUT2D eigenvalue weighted by molar-refractivity contribution is 6.17. The molecule has 0 atom stereocenters. The number of benzene rings is 1. The van der Waals surface area contributed by atoms with Crippen LogP contribution in [0.3, 0.4) is 0 Å². The van der Waals surface area contributed by atoms with E-state index in [1.165, 1.54) is 0 Å². The highest BCUT2D eigenvalue weighted by Gasteiger charge is 2.04. The number of hydrogen-bond acceptors (Lipinski definition) is 4. The van der Waals surface area contributed by atoms with E-state index in [-0.39, 0.29) is 18.3 Å². The minimum Gasteiger partial charge on any atom is -0.379 e. The van der Waals surface area contributed by atoms with Gasteiger partial charge in [-0.15, -0.1) is 24.0 Å². The van der Waals surface area contributed by atoms with Crippen molar-refractivity contribution < 1.29 is 14.3 Å². The van der Waals surface area contributed by atoms with Gasteiger partial charge in [-0.1, -0.05) is 25.0 Å². The van der Waals surface area contributed by atoms with Crippen molar-refractivity contribution in [2.24, 2.45) is 5.73 Å². The van der Waals surface area contributed by atoms with Crippen LogP contribution in [-0.2, 0) is 16.0 Å². The van der Waals surface area contributed by atoms with E-state index in [0.717, 1.165) is 43.7 Å². The van der Waals surface area contributed by atoms with Crippen molar-refractivity contribution in [3.05, 3.63) is 35.4 Å². The lowest BCUT2D eigenvalue weighted by atomic mass is 10.1. The molecule has 25 heavy (non-hydrogen) atoms. The molecule has 0 spiro atoms. The fourth-order valence-corrected chi connectivity index (χ4v) is 2.34. The van der Waals surface area contributed by atoms with Crippen molar-refractivity contribution in [3.63, 3.8) is 0 Å². The van der Waals surface area contributed by atoms with E-state index in [2.05, 4.69) is 5.32 Å². The van der Waals surface area contributed by atoms with E-state index in [1.54, 1.807) is 12.1 Å². The van der Waals surface area contributed by atoms with Crippen molar-refractivity contribution in [1.29, 1.82) is 0 Å². The molecule has 1 amide bonds. The lowest BCUT2D eigenvalue weighted by molar-refractivity contribution is 0.0468. The first-order valence-electron chi connectivity index (χ1n) is 8.56. The zero-order chi connectivity index (χ0) is 17.5. The number of hydrogen-bond donors (Lipinski definition) is 2. The van der Waals surface area contributed by atoms with Gasteiger partial charge in [0.25, 0.3) is 5.91 Å². The maximum absolute atomic E-state index is 12.0. The van der Waals surface area contributed by atoms with Gasteiger partial charge in [0.15, 0.2) is 0 Å². The Morgan fingerprint density at radius 2 is 1.76 bits per heavy atom. The van der Waals surface area contributed by atoms with Crippen LogP contribution in [0, 0.1) is 0 Å². The van der Waals surface area contributed by atoms with Crippen LogP contribution in [0.5, 0.6) is 0 Å². The molecular formula is C18H30Cl2N2O3. The Morgan fingerprint density at radius 1 is 1.04 bits per heavy atom. The summed E-state index contributed by atoms with van der Waals surface area (Å²) in [5.41, 5.74) is 7.13. The van der Waals surface area contributed by atoms with E-state index in [1.807, 2.05) is 12.1 Å². The smallest absolute Gasteiger partial charge is 0.251 e. The molecule has 1 aromatic rings. The van der Waals surface area contributed by atoms with E-state index < -0.39 is 0 Å². The molecule has 0 aliphatic rings. The van der Waals surface area contributed by atoms with Gasteiger partial charge < -0.3 is 20.5 Å². The monoisotopic (exact) mass is 392 g/mol. The third-order valence-corrected chi connectivity index (χ3v) is 3.77. The topological polar surface area (TPSA) is 73.6 Å². The van der Waals surface area contributed by atoms with Gasteiger partial charge in [-0.05, 0) is 30.5 Å². The van der Waals surface area contributed by atoms with Crippen LogP contribution in [0.15, 0.2) is 24.3 Å². The Balaban J connectivity index is 0.00000576. The summed E-state index contributed by atoms with van der Waals surface area (Å²) in [5.74, 6) is 0.631. The minimum atomic E-state index is -0.109. The predicted molar refractivity (Wildman–Crippen MR) is 105 cm³/mol. The Hall–Kier alpha value is -0.850. The molecule has 144 valence electrons. The zero-order valence-corrected chi connectivity index (χ0v) is 16.2. The summed E-state index contributed by atoms with van der Waals surface area (Å²) < 4.78 is 10.9. The number of rotatable bonds is 14. The number of amides is 1. The molecule has 7 heteroatoms. The molecule has 0 aliphatic carbocycles.